The molecule has 2 aromatic rings. The fourth-order valence-corrected chi connectivity index (χ4v) is 2.58. The van der Waals surface area contributed by atoms with Gasteiger partial charge in [0.1, 0.15) is 0 Å². The van der Waals surface area contributed by atoms with Crippen molar-refractivity contribution in [3.8, 4) is 11.4 Å². The van der Waals surface area contributed by atoms with Gasteiger partial charge in [0.2, 0.25) is 11.1 Å². The molecule has 0 radical (unpaired) electrons. The van der Waals surface area contributed by atoms with Crippen LogP contribution in [0.15, 0.2) is 29.4 Å². The average Bonchev–Trinajstić information content (AvgIpc) is 3.02. The van der Waals surface area contributed by atoms with E-state index in [9.17, 15) is 4.79 Å². The maximum atomic E-state index is 11.8. The Morgan fingerprint density at radius 3 is 2.79 bits per heavy atom. The molecule has 2 rings (SSSR count). The van der Waals surface area contributed by atoms with Gasteiger partial charge in [-0.1, -0.05) is 41.6 Å². The number of hydrogen-bond acceptors (Lipinski definition) is 5. The molecular weight excluding hydrogens is 324 g/mol. The first-order chi connectivity index (χ1) is 11.5. The highest BCUT2D eigenvalue weighted by atomic mass is 32.2. The van der Waals surface area contributed by atoms with Crippen molar-refractivity contribution in [3.63, 3.8) is 0 Å². The van der Waals surface area contributed by atoms with Gasteiger partial charge in [0.15, 0.2) is 5.82 Å². The number of thioether (sulfide) groups is 1. The lowest BCUT2D eigenvalue weighted by Gasteiger charge is -2.07. The van der Waals surface area contributed by atoms with E-state index in [0.717, 1.165) is 12.0 Å². The van der Waals surface area contributed by atoms with E-state index in [2.05, 4.69) is 20.5 Å². The molecule has 0 atom stereocenters. The molecule has 7 heteroatoms. The highest BCUT2D eigenvalue weighted by molar-refractivity contribution is 7.99. The van der Waals surface area contributed by atoms with Crippen LogP contribution in [-0.4, -0.2) is 46.1 Å². The normalized spacial score (nSPS) is 11.0. The van der Waals surface area contributed by atoms with Crippen molar-refractivity contribution in [3.05, 3.63) is 29.8 Å². The first-order valence-electron chi connectivity index (χ1n) is 8.05. The molecule has 0 aliphatic carbocycles. The zero-order chi connectivity index (χ0) is 17.4. The van der Waals surface area contributed by atoms with Crippen LogP contribution in [0.1, 0.15) is 25.8 Å². The Morgan fingerprint density at radius 2 is 2.08 bits per heavy atom. The number of nitrogens with zero attached hydrogens (tertiary/aromatic N) is 2. The summed E-state index contributed by atoms with van der Waals surface area (Å²) in [5.74, 6) is 0.992. The zero-order valence-corrected chi connectivity index (χ0v) is 15.2. The molecule has 1 aromatic heterocycles. The third kappa shape index (κ3) is 6.33. The first kappa shape index (κ1) is 18.5. The SMILES string of the molecule is Cc1ccc(-c2nc(SCC(=O)NCCCOC(C)C)n[nH]2)cc1. The fourth-order valence-electron chi connectivity index (χ4n) is 1.95. The van der Waals surface area contributed by atoms with Crippen LogP contribution in [0.3, 0.4) is 0 Å². The monoisotopic (exact) mass is 348 g/mol. The third-order valence-corrected chi connectivity index (χ3v) is 4.06. The molecule has 24 heavy (non-hydrogen) atoms. The van der Waals surface area contributed by atoms with E-state index in [1.54, 1.807) is 0 Å². The lowest BCUT2D eigenvalue weighted by Crippen LogP contribution is -2.27. The highest BCUT2D eigenvalue weighted by Gasteiger charge is 2.08. The van der Waals surface area contributed by atoms with Crippen LogP contribution in [0.4, 0.5) is 0 Å². The Kier molecular flexibility index (Phi) is 7.27. The van der Waals surface area contributed by atoms with Gasteiger partial charge in [-0.3, -0.25) is 9.89 Å². The van der Waals surface area contributed by atoms with Crippen molar-refractivity contribution in [2.45, 2.75) is 38.5 Å². The molecule has 0 bridgehead atoms. The average molecular weight is 348 g/mol. The van der Waals surface area contributed by atoms with Crippen molar-refractivity contribution < 1.29 is 9.53 Å². The number of benzene rings is 1. The lowest BCUT2D eigenvalue weighted by molar-refractivity contribution is -0.118. The van der Waals surface area contributed by atoms with Crippen molar-refractivity contribution in [1.82, 2.24) is 20.5 Å². The van der Waals surface area contributed by atoms with Crippen molar-refractivity contribution in [1.29, 1.82) is 0 Å². The maximum absolute atomic E-state index is 11.8. The molecule has 0 fully saturated rings. The molecule has 0 unspecified atom stereocenters. The predicted molar refractivity (Wildman–Crippen MR) is 96.0 cm³/mol. The van der Waals surface area contributed by atoms with E-state index in [1.165, 1.54) is 17.3 Å². The quantitative estimate of drug-likeness (QED) is 0.538. The minimum Gasteiger partial charge on any atom is -0.379 e. The molecular formula is C17H24N4O2S. The summed E-state index contributed by atoms with van der Waals surface area (Å²) in [6.07, 6.45) is 1.04. The Hall–Kier alpha value is -1.86. The molecule has 1 heterocycles. The Morgan fingerprint density at radius 1 is 1.33 bits per heavy atom. The number of nitrogens with one attached hydrogen (secondary N) is 2. The topological polar surface area (TPSA) is 79.9 Å². The van der Waals surface area contributed by atoms with Crippen LogP contribution >= 0.6 is 11.8 Å². The summed E-state index contributed by atoms with van der Waals surface area (Å²) < 4.78 is 5.42. The Bertz CT molecular complexity index is 640. The van der Waals surface area contributed by atoms with Crippen LogP contribution in [0.2, 0.25) is 0 Å². The van der Waals surface area contributed by atoms with Gasteiger partial charge in [-0.15, -0.1) is 5.10 Å². The van der Waals surface area contributed by atoms with E-state index >= 15 is 0 Å². The van der Waals surface area contributed by atoms with Gasteiger partial charge in [-0.2, -0.15) is 0 Å². The summed E-state index contributed by atoms with van der Waals surface area (Å²) in [5.41, 5.74) is 2.18. The summed E-state index contributed by atoms with van der Waals surface area (Å²) in [4.78, 5) is 16.2. The summed E-state index contributed by atoms with van der Waals surface area (Å²) >= 11 is 1.32. The summed E-state index contributed by atoms with van der Waals surface area (Å²) in [6.45, 7) is 7.31. The van der Waals surface area contributed by atoms with Crippen LogP contribution in [-0.2, 0) is 9.53 Å². The minimum atomic E-state index is -0.0220. The molecule has 0 aliphatic heterocycles. The summed E-state index contributed by atoms with van der Waals surface area (Å²) in [6, 6.07) is 8.05. The van der Waals surface area contributed by atoms with Crippen molar-refractivity contribution >= 4 is 17.7 Å². The number of amides is 1. The minimum absolute atomic E-state index is 0.0220. The number of aryl methyl sites for hydroxylation is 1. The third-order valence-electron chi connectivity index (χ3n) is 3.22. The van der Waals surface area contributed by atoms with E-state index < -0.39 is 0 Å². The van der Waals surface area contributed by atoms with Crippen molar-refractivity contribution in [2.75, 3.05) is 18.9 Å². The highest BCUT2D eigenvalue weighted by Crippen LogP contribution is 2.19. The number of carbonyl (C=O) groups is 1. The summed E-state index contributed by atoms with van der Waals surface area (Å²) in [5, 5.41) is 10.5. The number of carbonyl (C=O) groups excluding carboxylic acids is 1. The second-order valence-corrected chi connectivity index (χ2v) is 6.69. The number of H-pyrrole nitrogens is 1. The second-order valence-electron chi connectivity index (χ2n) is 5.74. The lowest BCUT2D eigenvalue weighted by atomic mass is 10.1. The number of aromatic amines is 1. The number of ether oxygens (including phenoxy) is 1. The van der Waals surface area contributed by atoms with Crippen LogP contribution < -0.4 is 5.32 Å². The zero-order valence-electron chi connectivity index (χ0n) is 14.3. The largest absolute Gasteiger partial charge is 0.379 e. The van der Waals surface area contributed by atoms with Crippen molar-refractivity contribution in [2.24, 2.45) is 0 Å². The standard InChI is InChI=1S/C17H24N4O2S/c1-12(2)23-10-4-9-18-15(22)11-24-17-19-16(20-21-17)14-7-5-13(3)6-8-14/h5-8,12H,4,9-11H2,1-3H3,(H,18,22)(H,19,20,21). The van der Waals surface area contributed by atoms with Gasteiger partial charge in [0, 0.05) is 18.7 Å². The molecule has 1 aromatic carbocycles. The van der Waals surface area contributed by atoms with Gasteiger partial charge < -0.3 is 10.1 Å². The number of aromatic nitrogens is 3. The smallest absolute Gasteiger partial charge is 0.230 e. The molecule has 1 amide bonds. The van der Waals surface area contributed by atoms with Gasteiger partial charge in [-0.25, -0.2) is 4.98 Å². The van der Waals surface area contributed by atoms with Crippen LogP contribution in [0.5, 0.6) is 0 Å². The maximum Gasteiger partial charge on any atom is 0.230 e. The van der Waals surface area contributed by atoms with Gasteiger partial charge >= 0.3 is 0 Å². The Balaban J connectivity index is 1.71. The molecule has 6 nitrogen and oxygen atoms in total. The van der Waals surface area contributed by atoms with E-state index in [4.69, 9.17) is 4.74 Å². The first-order valence-corrected chi connectivity index (χ1v) is 9.03. The molecule has 0 aliphatic rings. The molecule has 0 spiro atoms. The van der Waals surface area contributed by atoms with Crippen LogP contribution in [0.25, 0.3) is 11.4 Å². The van der Waals surface area contributed by atoms with E-state index in [0.29, 0.717) is 29.9 Å². The second kappa shape index (κ2) is 9.44. The molecule has 0 saturated heterocycles. The van der Waals surface area contributed by atoms with Gasteiger partial charge in [0.05, 0.1) is 11.9 Å². The predicted octanol–water partition coefficient (Wildman–Crippen LogP) is 2.80. The Labute approximate surface area is 146 Å². The number of hydrogen-bond donors (Lipinski definition) is 2. The molecule has 2 N–H and O–H groups in total. The molecule has 130 valence electrons. The van der Waals surface area contributed by atoms with E-state index in [1.807, 2.05) is 45.0 Å². The van der Waals surface area contributed by atoms with Gasteiger partial charge in [0.25, 0.3) is 0 Å². The molecule has 0 saturated carbocycles. The summed E-state index contributed by atoms with van der Waals surface area (Å²) in [7, 11) is 0. The van der Waals surface area contributed by atoms with Gasteiger partial charge in [-0.05, 0) is 27.2 Å². The number of rotatable bonds is 9. The fraction of sp³-hybridized carbons (Fsp3) is 0.471. The van der Waals surface area contributed by atoms with E-state index in [-0.39, 0.29) is 12.0 Å². The van der Waals surface area contributed by atoms with Crippen LogP contribution in [0, 0.1) is 6.92 Å².